The van der Waals surface area contributed by atoms with Crippen molar-refractivity contribution in [3.05, 3.63) is 35.8 Å². The largest absolute Gasteiger partial charge is 0.472 e. The summed E-state index contributed by atoms with van der Waals surface area (Å²) in [4.78, 5) is 23.7. The molecule has 0 saturated heterocycles. The zero-order chi connectivity index (χ0) is 16.5. The van der Waals surface area contributed by atoms with E-state index in [4.69, 9.17) is 4.42 Å². The molecule has 0 spiro atoms. The monoisotopic (exact) mass is 314 g/mol. The number of aldehydes is 2. The molecule has 1 saturated carbocycles. The van der Waals surface area contributed by atoms with Crippen LogP contribution < -0.4 is 0 Å². The molecule has 0 N–H and O–H groups in total. The van der Waals surface area contributed by atoms with Crippen molar-refractivity contribution in [3.8, 4) is 0 Å². The molecule has 0 bridgehead atoms. The lowest BCUT2D eigenvalue weighted by molar-refractivity contribution is -0.131. The normalized spacial score (nSPS) is 36.9. The molecule has 0 radical (unpaired) electrons. The van der Waals surface area contributed by atoms with Gasteiger partial charge < -0.3 is 9.21 Å². The average molecular weight is 314 g/mol. The Hall–Kier alpha value is -1.64. The molecule has 1 aromatic heterocycles. The molecule has 23 heavy (non-hydrogen) atoms. The predicted molar refractivity (Wildman–Crippen MR) is 88.9 cm³/mol. The zero-order valence-corrected chi connectivity index (χ0v) is 14.1. The van der Waals surface area contributed by atoms with E-state index in [2.05, 4.69) is 13.8 Å². The third-order valence-corrected chi connectivity index (χ3v) is 6.76. The van der Waals surface area contributed by atoms with E-state index in [1.54, 1.807) is 12.5 Å². The van der Waals surface area contributed by atoms with E-state index < -0.39 is 5.41 Å². The maximum atomic E-state index is 12.1. The van der Waals surface area contributed by atoms with Crippen molar-refractivity contribution in [2.24, 2.45) is 22.7 Å². The van der Waals surface area contributed by atoms with Gasteiger partial charge in [-0.1, -0.05) is 19.9 Å². The number of hydrogen-bond acceptors (Lipinski definition) is 3. The molecule has 1 fully saturated rings. The molecule has 0 aromatic carbocycles. The number of hydrogen-bond donors (Lipinski definition) is 0. The van der Waals surface area contributed by atoms with E-state index in [-0.39, 0.29) is 11.3 Å². The highest BCUT2D eigenvalue weighted by molar-refractivity contribution is 5.85. The summed E-state index contributed by atoms with van der Waals surface area (Å²) in [6, 6.07) is 2.02. The number of rotatable bonds is 5. The maximum Gasteiger partial charge on any atom is 0.146 e. The van der Waals surface area contributed by atoms with Gasteiger partial charge >= 0.3 is 0 Å². The van der Waals surface area contributed by atoms with Gasteiger partial charge in [0.15, 0.2) is 0 Å². The van der Waals surface area contributed by atoms with Crippen LogP contribution in [0.25, 0.3) is 0 Å². The molecule has 4 atom stereocenters. The van der Waals surface area contributed by atoms with E-state index in [1.807, 2.05) is 12.1 Å². The smallest absolute Gasteiger partial charge is 0.146 e. The summed E-state index contributed by atoms with van der Waals surface area (Å²) in [7, 11) is 0. The number of allylic oxidation sites excluding steroid dienone is 2. The van der Waals surface area contributed by atoms with Gasteiger partial charge in [-0.05, 0) is 67.4 Å². The highest BCUT2D eigenvalue weighted by atomic mass is 16.3. The summed E-state index contributed by atoms with van der Waals surface area (Å²) in [5.41, 5.74) is 1.45. The second-order valence-electron chi connectivity index (χ2n) is 7.64. The Morgan fingerprint density at radius 1 is 1.35 bits per heavy atom. The van der Waals surface area contributed by atoms with Crippen LogP contribution in [0.2, 0.25) is 0 Å². The Kier molecular flexibility index (Phi) is 4.31. The Balaban J connectivity index is 1.93. The van der Waals surface area contributed by atoms with Gasteiger partial charge in [0.2, 0.25) is 0 Å². The summed E-state index contributed by atoms with van der Waals surface area (Å²) in [6.07, 6.45) is 13.2. The first-order chi connectivity index (χ1) is 11.1. The van der Waals surface area contributed by atoms with Gasteiger partial charge in [0, 0.05) is 5.57 Å². The van der Waals surface area contributed by atoms with Crippen molar-refractivity contribution < 1.29 is 14.0 Å². The van der Waals surface area contributed by atoms with Crippen LogP contribution in [0, 0.1) is 22.7 Å². The molecular weight excluding hydrogens is 288 g/mol. The maximum absolute atomic E-state index is 12.1. The summed E-state index contributed by atoms with van der Waals surface area (Å²) in [5.74, 6) is 0.812. The third kappa shape index (κ3) is 2.50. The van der Waals surface area contributed by atoms with E-state index in [0.29, 0.717) is 5.92 Å². The third-order valence-electron chi connectivity index (χ3n) is 6.76. The van der Waals surface area contributed by atoms with Gasteiger partial charge in [0.05, 0.1) is 17.9 Å². The zero-order valence-electron chi connectivity index (χ0n) is 14.1. The topological polar surface area (TPSA) is 47.3 Å². The molecular formula is C20H26O3. The molecule has 2 aliphatic rings. The molecule has 1 aromatic rings. The summed E-state index contributed by atoms with van der Waals surface area (Å²) in [5, 5.41) is 0. The summed E-state index contributed by atoms with van der Waals surface area (Å²) in [6.45, 7) is 4.64. The van der Waals surface area contributed by atoms with Gasteiger partial charge in [0.1, 0.15) is 12.6 Å². The molecule has 3 rings (SSSR count). The van der Waals surface area contributed by atoms with Gasteiger partial charge in [-0.25, -0.2) is 0 Å². The second-order valence-corrected chi connectivity index (χ2v) is 7.64. The van der Waals surface area contributed by atoms with Crippen LogP contribution in [-0.2, 0) is 16.0 Å². The minimum absolute atomic E-state index is 0.0684. The van der Waals surface area contributed by atoms with Crippen LogP contribution in [0.5, 0.6) is 0 Å². The minimum atomic E-state index is -0.558. The predicted octanol–water partition coefficient (Wildman–Crippen LogP) is 4.37. The minimum Gasteiger partial charge on any atom is -0.472 e. The highest BCUT2D eigenvalue weighted by Gasteiger charge is 2.56. The van der Waals surface area contributed by atoms with Crippen LogP contribution in [0.3, 0.4) is 0 Å². The van der Waals surface area contributed by atoms with E-state index >= 15 is 0 Å². The van der Waals surface area contributed by atoms with E-state index in [0.717, 1.165) is 56.7 Å². The van der Waals surface area contributed by atoms with E-state index in [9.17, 15) is 9.59 Å². The van der Waals surface area contributed by atoms with Crippen molar-refractivity contribution in [2.75, 3.05) is 0 Å². The second kappa shape index (κ2) is 6.10. The molecule has 124 valence electrons. The fraction of sp³-hybridized carbons (Fsp3) is 0.600. The van der Waals surface area contributed by atoms with Crippen LogP contribution in [-0.4, -0.2) is 12.6 Å². The fourth-order valence-electron chi connectivity index (χ4n) is 5.06. The van der Waals surface area contributed by atoms with Crippen molar-refractivity contribution in [1.29, 1.82) is 0 Å². The number of carbonyl (C=O) groups excluding carboxylic acids is 2. The molecule has 0 aliphatic heterocycles. The van der Waals surface area contributed by atoms with Gasteiger partial charge in [-0.3, -0.25) is 4.79 Å². The SMILES string of the molecule is CC1CCC2(C=O)C(C=O)=CCCC2C1(C)CCc1ccoc1. The molecule has 3 heteroatoms. The van der Waals surface area contributed by atoms with Crippen molar-refractivity contribution in [2.45, 2.75) is 52.4 Å². The number of fused-ring (bicyclic) bond motifs is 1. The van der Waals surface area contributed by atoms with Crippen molar-refractivity contribution in [1.82, 2.24) is 0 Å². The molecule has 3 nitrogen and oxygen atoms in total. The lowest BCUT2D eigenvalue weighted by atomic mass is 9.46. The quantitative estimate of drug-likeness (QED) is 0.758. The number of carbonyl (C=O) groups is 2. The van der Waals surface area contributed by atoms with E-state index in [1.165, 1.54) is 5.56 Å². The number of aryl methyl sites for hydroxylation is 1. The lowest BCUT2D eigenvalue weighted by Gasteiger charge is -2.56. The van der Waals surface area contributed by atoms with Gasteiger partial charge in [-0.15, -0.1) is 0 Å². The summed E-state index contributed by atoms with van der Waals surface area (Å²) >= 11 is 0. The molecule has 1 heterocycles. The van der Waals surface area contributed by atoms with Gasteiger partial charge in [0.25, 0.3) is 0 Å². The fourth-order valence-corrected chi connectivity index (χ4v) is 5.06. The van der Waals surface area contributed by atoms with Gasteiger partial charge in [-0.2, -0.15) is 0 Å². The Bertz CT molecular complexity index is 600. The number of furan rings is 1. The van der Waals surface area contributed by atoms with Crippen LogP contribution >= 0.6 is 0 Å². The average Bonchev–Trinajstić information content (AvgIpc) is 3.09. The first kappa shape index (κ1) is 16.2. The Labute approximate surface area is 138 Å². The van der Waals surface area contributed by atoms with Crippen molar-refractivity contribution in [3.63, 3.8) is 0 Å². The van der Waals surface area contributed by atoms with Crippen LogP contribution in [0.1, 0.15) is 51.5 Å². The highest BCUT2D eigenvalue weighted by Crippen LogP contribution is 2.60. The molecule has 4 unspecified atom stereocenters. The Morgan fingerprint density at radius 2 is 2.17 bits per heavy atom. The molecule has 2 aliphatic carbocycles. The van der Waals surface area contributed by atoms with Crippen molar-refractivity contribution >= 4 is 12.6 Å². The van der Waals surface area contributed by atoms with Crippen LogP contribution in [0.15, 0.2) is 34.7 Å². The summed E-state index contributed by atoms with van der Waals surface area (Å²) < 4.78 is 5.18. The van der Waals surface area contributed by atoms with Crippen LogP contribution in [0.4, 0.5) is 0 Å². The molecule has 0 amide bonds. The first-order valence-corrected chi connectivity index (χ1v) is 8.70. The lowest BCUT2D eigenvalue weighted by Crippen LogP contribution is -2.52. The standard InChI is InChI=1S/C20H26O3/c1-15-6-10-20(14-22)17(12-21)4-3-5-18(20)19(15,2)9-7-16-8-11-23-13-16/h4,8,11-15,18H,3,5-7,9-10H2,1-2H3. The first-order valence-electron chi connectivity index (χ1n) is 8.70. The Morgan fingerprint density at radius 3 is 2.83 bits per heavy atom.